The predicted octanol–water partition coefficient (Wildman–Crippen LogP) is 5.24. The number of piperidine rings is 1. The lowest BCUT2D eigenvalue weighted by molar-refractivity contribution is -0.137. The number of aromatic nitrogens is 1. The van der Waals surface area contributed by atoms with Gasteiger partial charge in [0.15, 0.2) is 0 Å². The SMILES string of the molecule is O=C(NC(c1cccnc1)C1CCC2CCCCN21)c1cccc(C(F)(F)F)c1Cl. The number of pyridine rings is 1. The van der Waals surface area contributed by atoms with E-state index in [-0.39, 0.29) is 17.6 Å². The van der Waals surface area contributed by atoms with Crippen molar-refractivity contribution < 1.29 is 18.0 Å². The maximum Gasteiger partial charge on any atom is 0.417 e. The summed E-state index contributed by atoms with van der Waals surface area (Å²) in [6.07, 6.45) is 4.17. The Balaban J connectivity index is 1.64. The number of hydrogen-bond donors (Lipinski definition) is 1. The van der Waals surface area contributed by atoms with Gasteiger partial charge in [-0.3, -0.25) is 14.7 Å². The molecule has 30 heavy (non-hydrogen) atoms. The molecule has 1 N–H and O–H groups in total. The number of amides is 1. The van der Waals surface area contributed by atoms with Crippen LogP contribution in [0.25, 0.3) is 0 Å². The van der Waals surface area contributed by atoms with Gasteiger partial charge in [-0.15, -0.1) is 0 Å². The first kappa shape index (κ1) is 21.1. The molecule has 0 bridgehead atoms. The van der Waals surface area contributed by atoms with Crippen LogP contribution >= 0.6 is 11.6 Å². The van der Waals surface area contributed by atoms with Gasteiger partial charge < -0.3 is 5.32 Å². The first-order chi connectivity index (χ1) is 14.4. The normalized spacial score (nSPS) is 23.1. The van der Waals surface area contributed by atoms with Gasteiger partial charge in [-0.2, -0.15) is 13.2 Å². The molecule has 3 atom stereocenters. The molecule has 2 saturated heterocycles. The van der Waals surface area contributed by atoms with E-state index in [9.17, 15) is 18.0 Å². The number of carbonyl (C=O) groups excluding carboxylic acids is 1. The van der Waals surface area contributed by atoms with Crippen LogP contribution in [0.15, 0.2) is 42.7 Å². The summed E-state index contributed by atoms with van der Waals surface area (Å²) in [5.41, 5.74) is -0.342. The zero-order chi connectivity index (χ0) is 21.3. The van der Waals surface area contributed by atoms with Crippen LogP contribution in [0, 0.1) is 0 Å². The molecule has 1 aromatic carbocycles. The van der Waals surface area contributed by atoms with Crippen molar-refractivity contribution in [3.05, 3.63) is 64.4 Å². The second-order valence-corrected chi connectivity index (χ2v) is 8.31. The average Bonchev–Trinajstić information content (AvgIpc) is 3.15. The number of carbonyl (C=O) groups is 1. The number of alkyl halides is 3. The summed E-state index contributed by atoms with van der Waals surface area (Å²) in [6, 6.07) is 7.30. The minimum atomic E-state index is -4.62. The van der Waals surface area contributed by atoms with Crippen LogP contribution in [0.1, 0.15) is 59.6 Å². The monoisotopic (exact) mass is 437 g/mol. The van der Waals surface area contributed by atoms with Crippen molar-refractivity contribution in [1.29, 1.82) is 0 Å². The number of halogens is 4. The number of fused-ring (bicyclic) bond motifs is 1. The number of rotatable bonds is 4. The Morgan fingerprint density at radius 2 is 2.00 bits per heavy atom. The van der Waals surface area contributed by atoms with Gasteiger partial charge >= 0.3 is 6.18 Å². The van der Waals surface area contributed by atoms with E-state index in [1.165, 1.54) is 18.6 Å². The lowest BCUT2D eigenvalue weighted by atomic mass is 9.97. The fourth-order valence-electron chi connectivity index (χ4n) is 4.76. The smallest absolute Gasteiger partial charge is 0.344 e. The van der Waals surface area contributed by atoms with Crippen molar-refractivity contribution in [3.63, 3.8) is 0 Å². The summed E-state index contributed by atoms with van der Waals surface area (Å²) in [4.78, 5) is 19.7. The van der Waals surface area contributed by atoms with E-state index in [0.29, 0.717) is 6.04 Å². The molecule has 0 radical (unpaired) electrons. The highest BCUT2D eigenvalue weighted by atomic mass is 35.5. The highest BCUT2D eigenvalue weighted by Gasteiger charge is 2.41. The summed E-state index contributed by atoms with van der Waals surface area (Å²) >= 11 is 5.98. The molecular weight excluding hydrogens is 415 g/mol. The Morgan fingerprint density at radius 3 is 2.73 bits per heavy atom. The van der Waals surface area contributed by atoms with E-state index in [1.54, 1.807) is 18.5 Å². The molecule has 3 unspecified atom stereocenters. The van der Waals surface area contributed by atoms with Crippen molar-refractivity contribution in [1.82, 2.24) is 15.2 Å². The van der Waals surface area contributed by atoms with Crippen LogP contribution in [0.4, 0.5) is 13.2 Å². The van der Waals surface area contributed by atoms with Crippen molar-refractivity contribution >= 4 is 17.5 Å². The number of nitrogens with zero attached hydrogens (tertiary/aromatic N) is 2. The molecule has 0 spiro atoms. The molecule has 0 saturated carbocycles. The van der Waals surface area contributed by atoms with Crippen molar-refractivity contribution in [3.8, 4) is 0 Å². The van der Waals surface area contributed by atoms with Crippen molar-refractivity contribution in [2.75, 3.05) is 6.54 Å². The van der Waals surface area contributed by atoms with Gasteiger partial charge in [-0.05, 0) is 56.0 Å². The van der Waals surface area contributed by atoms with Crippen LogP contribution in [0.5, 0.6) is 0 Å². The van der Waals surface area contributed by atoms with Crippen LogP contribution < -0.4 is 5.32 Å². The molecule has 3 heterocycles. The van der Waals surface area contributed by atoms with E-state index in [4.69, 9.17) is 11.6 Å². The summed E-state index contributed by atoms with van der Waals surface area (Å²) in [7, 11) is 0. The van der Waals surface area contributed by atoms with Crippen LogP contribution in [0.3, 0.4) is 0 Å². The molecule has 4 rings (SSSR count). The van der Waals surface area contributed by atoms with Gasteiger partial charge in [0.1, 0.15) is 0 Å². The molecular formula is C22H23ClF3N3O. The zero-order valence-electron chi connectivity index (χ0n) is 16.3. The third-order valence-corrected chi connectivity index (χ3v) is 6.57. The second kappa shape index (κ2) is 8.55. The van der Waals surface area contributed by atoms with Gasteiger partial charge in [0.25, 0.3) is 5.91 Å². The Labute approximate surface area is 178 Å². The van der Waals surface area contributed by atoms with Gasteiger partial charge in [-0.25, -0.2) is 0 Å². The Hall–Kier alpha value is -2.12. The highest BCUT2D eigenvalue weighted by Crippen LogP contribution is 2.39. The minimum absolute atomic E-state index is 0.0769. The summed E-state index contributed by atoms with van der Waals surface area (Å²) < 4.78 is 39.7. The van der Waals surface area contributed by atoms with Gasteiger partial charge in [0.05, 0.1) is 22.2 Å². The Kier molecular flexibility index (Phi) is 6.02. The third kappa shape index (κ3) is 4.18. The van der Waals surface area contributed by atoms with Crippen LogP contribution in [-0.2, 0) is 6.18 Å². The van der Waals surface area contributed by atoms with Crippen LogP contribution in [-0.4, -0.2) is 34.4 Å². The Morgan fingerprint density at radius 1 is 1.17 bits per heavy atom. The molecule has 1 aromatic heterocycles. The first-order valence-corrected chi connectivity index (χ1v) is 10.6. The zero-order valence-corrected chi connectivity index (χ0v) is 17.1. The minimum Gasteiger partial charge on any atom is -0.344 e. The lowest BCUT2D eigenvalue weighted by Crippen LogP contribution is -2.47. The maximum absolute atomic E-state index is 13.2. The average molecular weight is 438 g/mol. The van der Waals surface area contributed by atoms with E-state index >= 15 is 0 Å². The summed E-state index contributed by atoms with van der Waals surface area (Å²) in [5.74, 6) is -0.611. The number of nitrogens with one attached hydrogen (secondary N) is 1. The molecule has 0 aliphatic carbocycles. The number of benzene rings is 1. The first-order valence-electron chi connectivity index (χ1n) is 10.2. The van der Waals surface area contributed by atoms with Gasteiger partial charge in [0.2, 0.25) is 0 Å². The topological polar surface area (TPSA) is 45.2 Å². The lowest BCUT2D eigenvalue weighted by Gasteiger charge is -2.38. The molecule has 2 fully saturated rings. The van der Waals surface area contributed by atoms with Gasteiger partial charge in [-0.1, -0.05) is 30.2 Å². The molecule has 2 aromatic rings. The largest absolute Gasteiger partial charge is 0.417 e. The summed E-state index contributed by atoms with van der Waals surface area (Å²) in [5, 5.41) is 2.40. The van der Waals surface area contributed by atoms with E-state index in [0.717, 1.165) is 43.9 Å². The fourth-order valence-corrected chi connectivity index (χ4v) is 5.08. The molecule has 4 nitrogen and oxygen atoms in total. The highest BCUT2D eigenvalue weighted by molar-refractivity contribution is 6.34. The molecule has 160 valence electrons. The third-order valence-electron chi connectivity index (χ3n) is 6.16. The van der Waals surface area contributed by atoms with Crippen molar-refractivity contribution in [2.45, 2.75) is 56.4 Å². The second-order valence-electron chi connectivity index (χ2n) is 7.93. The van der Waals surface area contributed by atoms with E-state index < -0.39 is 22.7 Å². The van der Waals surface area contributed by atoms with E-state index in [1.807, 2.05) is 6.07 Å². The molecule has 2 aliphatic heterocycles. The summed E-state index contributed by atoms with van der Waals surface area (Å²) in [6.45, 7) is 0.965. The Bertz CT molecular complexity index is 906. The van der Waals surface area contributed by atoms with Crippen LogP contribution in [0.2, 0.25) is 5.02 Å². The standard InChI is InChI=1S/C22H23ClF3N3O/c23-19-16(7-3-8-17(19)22(24,25)26)21(30)28-20(14-5-4-11-27-13-14)18-10-9-15-6-1-2-12-29(15)18/h3-5,7-8,11,13,15,18,20H,1-2,6,9-10,12H2,(H,28,30). The fraction of sp³-hybridized carbons (Fsp3) is 0.455. The van der Waals surface area contributed by atoms with Gasteiger partial charge in [0, 0.05) is 24.5 Å². The number of hydrogen-bond acceptors (Lipinski definition) is 3. The van der Waals surface area contributed by atoms with E-state index in [2.05, 4.69) is 15.2 Å². The van der Waals surface area contributed by atoms with Crippen molar-refractivity contribution in [2.24, 2.45) is 0 Å². The maximum atomic E-state index is 13.2. The molecule has 2 aliphatic rings. The molecule has 1 amide bonds. The molecule has 8 heteroatoms. The predicted molar refractivity (Wildman–Crippen MR) is 108 cm³/mol. The quantitative estimate of drug-likeness (QED) is 0.711.